The van der Waals surface area contributed by atoms with Gasteiger partial charge < -0.3 is 9.64 Å². The number of carbonyl (C=O) groups is 3. The highest BCUT2D eigenvalue weighted by atomic mass is 16.5. The number of amides is 2. The zero-order chi connectivity index (χ0) is 21.1. The van der Waals surface area contributed by atoms with E-state index in [1.165, 1.54) is 15.4 Å². The maximum absolute atomic E-state index is 13.1. The first-order valence-electron chi connectivity index (χ1n) is 10.5. The van der Waals surface area contributed by atoms with Gasteiger partial charge in [0.15, 0.2) is 6.04 Å². The van der Waals surface area contributed by atoms with E-state index in [1.807, 2.05) is 12.4 Å². The molecule has 1 atom stereocenters. The Balaban J connectivity index is 1.41. The van der Waals surface area contributed by atoms with Crippen molar-refractivity contribution >= 4 is 23.5 Å². The molecule has 0 saturated carbocycles. The van der Waals surface area contributed by atoms with Crippen molar-refractivity contribution in [3.8, 4) is 0 Å². The van der Waals surface area contributed by atoms with Gasteiger partial charge in [0.1, 0.15) is 0 Å². The quantitative estimate of drug-likeness (QED) is 0.597. The number of carbonyl (C=O) groups excluding carboxylic acids is 3. The second-order valence-electron chi connectivity index (χ2n) is 7.80. The number of quaternary nitrogens is 1. The monoisotopic (exact) mass is 408 g/mol. The van der Waals surface area contributed by atoms with Crippen molar-refractivity contribution in [3.05, 3.63) is 59.9 Å². The maximum Gasteiger partial charge on any atom is 0.338 e. The van der Waals surface area contributed by atoms with Gasteiger partial charge in [-0.1, -0.05) is 0 Å². The molecule has 1 aromatic carbocycles. The smallest absolute Gasteiger partial charge is 0.338 e. The molecule has 3 heterocycles. The lowest BCUT2D eigenvalue weighted by atomic mass is 9.89. The molecule has 30 heavy (non-hydrogen) atoms. The van der Waals surface area contributed by atoms with Crippen molar-refractivity contribution in [1.29, 1.82) is 0 Å². The van der Waals surface area contributed by atoms with E-state index in [0.29, 0.717) is 23.8 Å². The molecule has 0 spiro atoms. The van der Waals surface area contributed by atoms with Gasteiger partial charge in [-0.3, -0.25) is 14.6 Å². The number of hydrogen-bond donors (Lipinski definition) is 1. The van der Waals surface area contributed by atoms with Crippen LogP contribution in [0, 0.1) is 0 Å². The molecule has 0 bridgehead atoms. The number of esters is 1. The predicted octanol–water partition coefficient (Wildman–Crippen LogP) is 1.35. The first-order chi connectivity index (χ1) is 14.6. The molecule has 156 valence electrons. The fraction of sp³-hybridized carbons (Fsp3) is 0.391. The van der Waals surface area contributed by atoms with Crippen LogP contribution in [0.3, 0.4) is 0 Å². The highest BCUT2D eigenvalue weighted by Crippen LogP contribution is 2.26. The molecule has 2 aliphatic rings. The summed E-state index contributed by atoms with van der Waals surface area (Å²) < 4.78 is 4.98. The molecular formula is C23H26N3O4+. The molecule has 1 N–H and O–H groups in total. The third-order valence-electron chi connectivity index (χ3n) is 6.08. The largest absolute Gasteiger partial charge is 0.462 e. The number of imide groups is 1. The Morgan fingerprint density at radius 1 is 1.10 bits per heavy atom. The molecule has 1 aromatic heterocycles. The number of anilines is 1. The van der Waals surface area contributed by atoms with Crippen molar-refractivity contribution in [2.45, 2.75) is 38.1 Å². The van der Waals surface area contributed by atoms with Gasteiger partial charge in [-0.25, -0.2) is 9.69 Å². The van der Waals surface area contributed by atoms with Crippen LogP contribution in [0.5, 0.6) is 0 Å². The average Bonchev–Trinajstić information content (AvgIpc) is 3.08. The second kappa shape index (κ2) is 8.75. The summed E-state index contributed by atoms with van der Waals surface area (Å²) in [4.78, 5) is 44.1. The zero-order valence-electron chi connectivity index (χ0n) is 17.0. The van der Waals surface area contributed by atoms with Crippen LogP contribution in [0.15, 0.2) is 48.8 Å². The molecule has 2 fully saturated rings. The number of nitrogens with one attached hydrogen (secondary N) is 1. The predicted molar refractivity (Wildman–Crippen MR) is 110 cm³/mol. The van der Waals surface area contributed by atoms with Crippen molar-refractivity contribution < 1.29 is 24.0 Å². The van der Waals surface area contributed by atoms with Crippen LogP contribution in [0.1, 0.15) is 48.0 Å². The number of likely N-dealkylation sites (tertiary alicyclic amines) is 1. The number of benzene rings is 1. The van der Waals surface area contributed by atoms with Crippen molar-refractivity contribution in [2.75, 3.05) is 24.6 Å². The Morgan fingerprint density at radius 2 is 1.77 bits per heavy atom. The van der Waals surface area contributed by atoms with Gasteiger partial charge in [0.2, 0.25) is 5.91 Å². The maximum atomic E-state index is 13.1. The van der Waals surface area contributed by atoms with Gasteiger partial charge in [0, 0.05) is 25.2 Å². The van der Waals surface area contributed by atoms with Crippen molar-refractivity contribution in [3.63, 3.8) is 0 Å². The fourth-order valence-electron chi connectivity index (χ4n) is 4.49. The fourth-order valence-corrected chi connectivity index (χ4v) is 4.49. The summed E-state index contributed by atoms with van der Waals surface area (Å²) in [6.45, 7) is 3.78. The van der Waals surface area contributed by atoms with Crippen LogP contribution in [0.4, 0.5) is 5.69 Å². The standard InChI is InChI=1S/C23H25N3O4/c1-2-30-23(29)18-3-5-19(6-4-18)26-21(27)15-20(22(26)28)25-13-9-17(10-14-25)16-7-11-24-12-8-16/h3-8,11-12,17,20H,2,9-10,13-15H2,1H3/p+1/t20-/m1/s1. The molecule has 2 amide bonds. The lowest BCUT2D eigenvalue weighted by Crippen LogP contribution is -3.17. The van der Waals surface area contributed by atoms with Crippen molar-refractivity contribution in [2.24, 2.45) is 0 Å². The molecule has 0 unspecified atom stereocenters. The van der Waals surface area contributed by atoms with Gasteiger partial charge in [-0.05, 0) is 54.8 Å². The van der Waals surface area contributed by atoms with E-state index in [9.17, 15) is 14.4 Å². The van der Waals surface area contributed by atoms with Gasteiger partial charge in [-0.2, -0.15) is 0 Å². The minimum absolute atomic E-state index is 0.152. The van der Waals surface area contributed by atoms with E-state index in [1.54, 1.807) is 31.2 Å². The molecule has 0 aliphatic carbocycles. The second-order valence-corrected chi connectivity index (χ2v) is 7.80. The van der Waals surface area contributed by atoms with E-state index in [2.05, 4.69) is 17.1 Å². The number of hydrogen-bond acceptors (Lipinski definition) is 5. The van der Waals surface area contributed by atoms with Gasteiger partial charge in [0.05, 0.1) is 37.4 Å². The molecule has 7 nitrogen and oxygen atoms in total. The summed E-state index contributed by atoms with van der Waals surface area (Å²) in [7, 11) is 0. The van der Waals surface area contributed by atoms with E-state index in [4.69, 9.17) is 4.74 Å². The highest BCUT2D eigenvalue weighted by molar-refractivity contribution is 6.22. The molecule has 0 radical (unpaired) electrons. The van der Waals surface area contributed by atoms with Crippen LogP contribution < -0.4 is 9.80 Å². The molecule has 4 rings (SSSR count). The zero-order valence-corrected chi connectivity index (χ0v) is 17.0. The average molecular weight is 408 g/mol. The molecule has 7 heteroatoms. The summed E-state index contributed by atoms with van der Waals surface area (Å²) in [5, 5.41) is 0. The summed E-state index contributed by atoms with van der Waals surface area (Å²) >= 11 is 0. The van der Waals surface area contributed by atoms with E-state index in [0.717, 1.165) is 25.9 Å². The molecule has 2 saturated heterocycles. The van der Waals surface area contributed by atoms with Crippen molar-refractivity contribution in [1.82, 2.24) is 4.98 Å². The lowest BCUT2D eigenvalue weighted by molar-refractivity contribution is -0.920. The third kappa shape index (κ3) is 3.98. The SMILES string of the molecule is CCOC(=O)c1ccc(N2C(=O)C[C@@H]([NH+]3CCC(c4ccncc4)CC3)C2=O)cc1. The van der Waals surface area contributed by atoms with Crippen LogP contribution in [0.25, 0.3) is 0 Å². The Kier molecular flexibility index (Phi) is 5.90. The molecule has 2 aliphatic heterocycles. The third-order valence-corrected chi connectivity index (χ3v) is 6.08. The minimum atomic E-state index is -0.414. The van der Waals surface area contributed by atoms with Crippen LogP contribution in [-0.4, -0.2) is 48.5 Å². The number of rotatable bonds is 5. The van der Waals surface area contributed by atoms with Crippen LogP contribution in [0.2, 0.25) is 0 Å². The number of piperidine rings is 1. The number of pyridine rings is 1. The highest BCUT2D eigenvalue weighted by Gasteiger charge is 2.46. The summed E-state index contributed by atoms with van der Waals surface area (Å²) in [5.74, 6) is -0.267. The number of aromatic nitrogens is 1. The Hall–Kier alpha value is -3.06. The topological polar surface area (TPSA) is 81.0 Å². The molecule has 2 aromatic rings. The first kappa shape index (κ1) is 20.2. The van der Waals surface area contributed by atoms with E-state index >= 15 is 0 Å². The normalized spacial score (nSPS) is 24.2. The van der Waals surface area contributed by atoms with E-state index < -0.39 is 5.97 Å². The van der Waals surface area contributed by atoms with Crippen LogP contribution in [-0.2, 0) is 14.3 Å². The Morgan fingerprint density at radius 3 is 2.40 bits per heavy atom. The summed E-state index contributed by atoms with van der Waals surface area (Å²) in [5.41, 5.74) is 2.20. The Bertz CT molecular complexity index is 921. The van der Waals surface area contributed by atoms with Gasteiger partial charge >= 0.3 is 5.97 Å². The van der Waals surface area contributed by atoms with Gasteiger partial charge in [-0.15, -0.1) is 0 Å². The summed E-state index contributed by atoms with van der Waals surface area (Å²) in [6.07, 6.45) is 5.85. The number of nitrogens with zero attached hydrogens (tertiary/aromatic N) is 2. The van der Waals surface area contributed by atoms with Gasteiger partial charge in [0.25, 0.3) is 5.91 Å². The lowest BCUT2D eigenvalue weighted by Gasteiger charge is -2.32. The molecular weight excluding hydrogens is 382 g/mol. The minimum Gasteiger partial charge on any atom is -0.462 e. The van der Waals surface area contributed by atoms with E-state index in [-0.39, 0.29) is 24.3 Å². The number of ether oxygens (including phenoxy) is 1. The first-order valence-corrected chi connectivity index (χ1v) is 10.5. The van der Waals surface area contributed by atoms with Crippen LogP contribution >= 0.6 is 0 Å². The Labute approximate surface area is 175 Å². The summed E-state index contributed by atoms with van der Waals surface area (Å²) in [6, 6.07) is 10.2.